The number of ether oxygens (including phenoxy) is 3. The Labute approximate surface area is 168 Å². The number of rotatable bonds is 8. The highest BCUT2D eigenvalue weighted by Gasteiger charge is 2.30. The number of methoxy groups -OCH3 is 3. The van der Waals surface area contributed by atoms with Crippen LogP contribution in [0.15, 0.2) is 18.2 Å². The molecule has 0 radical (unpaired) electrons. The molecule has 1 atom stereocenters. The van der Waals surface area contributed by atoms with Crippen LogP contribution in [-0.4, -0.2) is 57.3 Å². The lowest BCUT2D eigenvalue weighted by atomic mass is 9.93. The highest BCUT2D eigenvalue weighted by atomic mass is 16.5. The molecule has 0 spiro atoms. The first-order valence-corrected chi connectivity index (χ1v) is 9.81. The summed E-state index contributed by atoms with van der Waals surface area (Å²) in [7, 11) is 4.74. The minimum Gasteiger partial charge on any atom is -0.496 e. The summed E-state index contributed by atoms with van der Waals surface area (Å²) >= 11 is 0. The van der Waals surface area contributed by atoms with Crippen molar-refractivity contribution in [1.82, 2.24) is 10.2 Å². The topological polar surface area (TPSA) is 60.0 Å². The largest absolute Gasteiger partial charge is 0.496 e. The summed E-state index contributed by atoms with van der Waals surface area (Å²) in [4.78, 5) is 14.8. The molecule has 1 aliphatic heterocycles. The average Bonchev–Trinajstić information content (AvgIpc) is 2.70. The number of nitrogens with zero attached hydrogens (tertiary/aromatic N) is 1. The van der Waals surface area contributed by atoms with Crippen LogP contribution in [0.25, 0.3) is 6.08 Å². The third-order valence-electron chi connectivity index (χ3n) is 5.36. The van der Waals surface area contributed by atoms with Gasteiger partial charge < -0.3 is 19.5 Å². The maximum Gasteiger partial charge on any atom is 0.244 e. The molecule has 28 heavy (non-hydrogen) atoms. The number of nitrogens with one attached hydrogen (secondary N) is 1. The van der Waals surface area contributed by atoms with Gasteiger partial charge in [-0.1, -0.05) is 6.92 Å². The molecule has 6 heteroatoms. The van der Waals surface area contributed by atoms with Crippen molar-refractivity contribution in [1.29, 1.82) is 0 Å². The maximum atomic E-state index is 12.4. The van der Waals surface area contributed by atoms with Crippen LogP contribution < -0.4 is 19.5 Å². The van der Waals surface area contributed by atoms with Crippen LogP contribution in [0.5, 0.6) is 17.2 Å². The Morgan fingerprint density at radius 1 is 1.18 bits per heavy atom. The van der Waals surface area contributed by atoms with E-state index in [1.54, 1.807) is 39.5 Å². The van der Waals surface area contributed by atoms with Crippen LogP contribution >= 0.6 is 0 Å². The van der Waals surface area contributed by atoms with Crippen molar-refractivity contribution in [2.45, 2.75) is 39.2 Å². The Hall–Kier alpha value is -2.21. The van der Waals surface area contributed by atoms with E-state index in [1.165, 1.54) is 18.9 Å². The zero-order valence-corrected chi connectivity index (χ0v) is 18.0. The fourth-order valence-electron chi connectivity index (χ4n) is 3.56. The summed E-state index contributed by atoms with van der Waals surface area (Å²) in [5, 5.41) is 3.03. The third-order valence-corrected chi connectivity index (χ3v) is 5.36. The Balaban J connectivity index is 2.01. The van der Waals surface area contributed by atoms with Crippen LogP contribution in [0.1, 0.15) is 39.2 Å². The van der Waals surface area contributed by atoms with Crippen molar-refractivity contribution < 1.29 is 19.0 Å². The van der Waals surface area contributed by atoms with E-state index >= 15 is 0 Å². The molecular formula is C22H34N2O4. The molecule has 156 valence electrons. The Morgan fingerprint density at radius 3 is 2.43 bits per heavy atom. The molecule has 1 saturated heterocycles. The van der Waals surface area contributed by atoms with Crippen LogP contribution in [0.4, 0.5) is 0 Å². The monoisotopic (exact) mass is 390 g/mol. The Kier molecular flexibility index (Phi) is 7.75. The number of amides is 1. The minimum absolute atomic E-state index is 0.0702. The predicted molar refractivity (Wildman–Crippen MR) is 112 cm³/mol. The highest BCUT2D eigenvalue weighted by molar-refractivity contribution is 5.92. The molecule has 1 fully saturated rings. The van der Waals surface area contributed by atoms with E-state index in [2.05, 4.69) is 31.0 Å². The van der Waals surface area contributed by atoms with Gasteiger partial charge in [0.25, 0.3) is 0 Å². The molecule has 1 unspecified atom stereocenters. The average molecular weight is 391 g/mol. The van der Waals surface area contributed by atoms with E-state index in [1.807, 2.05) is 0 Å². The number of hydrogen-bond donors (Lipinski definition) is 1. The molecule has 0 aliphatic carbocycles. The number of likely N-dealkylation sites (tertiary alicyclic amines) is 1. The van der Waals surface area contributed by atoms with Gasteiger partial charge in [0.1, 0.15) is 5.75 Å². The second-order valence-corrected chi connectivity index (χ2v) is 8.01. The Bertz CT molecular complexity index is 700. The SMILES string of the molecule is COc1cc(OC)c(OC)cc1C=CC(=O)NCC(C)(C)N1CCCC(C)C1. The second-order valence-electron chi connectivity index (χ2n) is 8.01. The van der Waals surface area contributed by atoms with Crippen LogP contribution in [-0.2, 0) is 4.79 Å². The summed E-state index contributed by atoms with van der Waals surface area (Å²) < 4.78 is 16.0. The summed E-state index contributed by atoms with van der Waals surface area (Å²) in [6, 6.07) is 3.54. The van der Waals surface area contributed by atoms with Crippen molar-refractivity contribution >= 4 is 12.0 Å². The molecule has 1 heterocycles. The second kappa shape index (κ2) is 9.82. The molecule has 0 saturated carbocycles. The zero-order chi connectivity index (χ0) is 20.7. The van der Waals surface area contributed by atoms with E-state index in [-0.39, 0.29) is 11.4 Å². The van der Waals surface area contributed by atoms with Gasteiger partial charge in [-0.3, -0.25) is 9.69 Å². The van der Waals surface area contributed by atoms with E-state index in [4.69, 9.17) is 14.2 Å². The van der Waals surface area contributed by atoms with Gasteiger partial charge in [-0.05, 0) is 51.3 Å². The molecule has 1 aromatic rings. The van der Waals surface area contributed by atoms with E-state index in [0.29, 0.717) is 29.7 Å². The van der Waals surface area contributed by atoms with Crippen molar-refractivity contribution in [2.24, 2.45) is 5.92 Å². The lowest BCUT2D eigenvalue weighted by Gasteiger charge is -2.43. The summed E-state index contributed by atoms with van der Waals surface area (Å²) in [5.74, 6) is 2.36. The summed E-state index contributed by atoms with van der Waals surface area (Å²) in [5.41, 5.74) is 0.679. The lowest BCUT2D eigenvalue weighted by molar-refractivity contribution is -0.117. The van der Waals surface area contributed by atoms with Crippen LogP contribution in [0.2, 0.25) is 0 Å². The quantitative estimate of drug-likeness (QED) is 0.690. The summed E-state index contributed by atoms with van der Waals surface area (Å²) in [6.45, 7) is 9.44. The molecule has 1 N–H and O–H groups in total. The van der Waals surface area contributed by atoms with Crippen molar-refractivity contribution in [2.75, 3.05) is 41.0 Å². The molecule has 1 aliphatic rings. The first-order chi connectivity index (χ1) is 13.3. The van der Waals surface area contributed by atoms with Gasteiger partial charge in [0, 0.05) is 36.3 Å². The number of hydrogen-bond acceptors (Lipinski definition) is 5. The van der Waals surface area contributed by atoms with Gasteiger partial charge >= 0.3 is 0 Å². The normalized spacial score (nSPS) is 18.1. The zero-order valence-electron chi connectivity index (χ0n) is 18.0. The maximum absolute atomic E-state index is 12.4. The fraction of sp³-hybridized carbons (Fsp3) is 0.591. The standard InChI is InChI=1S/C22H34N2O4/c1-16-8-7-11-24(14-16)22(2,3)15-23-21(25)10-9-17-12-19(27-5)20(28-6)13-18(17)26-4/h9-10,12-13,16H,7-8,11,14-15H2,1-6H3,(H,23,25). The molecule has 0 aromatic heterocycles. The fourth-order valence-corrected chi connectivity index (χ4v) is 3.56. The highest BCUT2D eigenvalue weighted by Crippen LogP contribution is 2.35. The Morgan fingerprint density at radius 2 is 1.82 bits per heavy atom. The molecule has 0 bridgehead atoms. The van der Waals surface area contributed by atoms with E-state index < -0.39 is 0 Å². The number of benzene rings is 1. The van der Waals surface area contributed by atoms with Gasteiger partial charge in [-0.15, -0.1) is 0 Å². The van der Waals surface area contributed by atoms with E-state index in [0.717, 1.165) is 18.7 Å². The number of carbonyl (C=O) groups is 1. The minimum atomic E-state index is -0.130. The van der Waals surface area contributed by atoms with Crippen molar-refractivity contribution in [3.05, 3.63) is 23.8 Å². The third kappa shape index (κ3) is 5.64. The van der Waals surface area contributed by atoms with Gasteiger partial charge in [-0.2, -0.15) is 0 Å². The number of carbonyl (C=O) groups excluding carboxylic acids is 1. The molecule has 2 rings (SSSR count). The smallest absolute Gasteiger partial charge is 0.244 e. The first-order valence-electron chi connectivity index (χ1n) is 9.81. The van der Waals surface area contributed by atoms with Crippen LogP contribution in [0, 0.1) is 5.92 Å². The predicted octanol–water partition coefficient (Wildman–Crippen LogP) is 3.35. The summed E-state index contributed by atoms with van der Waals surface area (Å²) in [6.07, 6.45) is 5.76. The first kappa shape index (κ1) is 22.1. The van der Waals surface area contributed by atoms with Gasteiger partial charge in [0.15, 0.2) is 11.5 Å². The molecular weight excluding hydrogens is 356 g/mol. The van der Waals surface area contributed by atoms with E-state index in [9.17, 15) is 4.79 Å². The lowest BCUT2D eigenvalue weighted by Crippen LogP contribution is -2.54. The van der Waals surface area contributed by atoms with Crippen molar-refractivity contribution in [3.63, 3.8) is 0 Å². The molecule has 6 nitrogen and oxygen atoms in total. The van der Waals surface area contributed by atoms with Crippen LogP contribution in [0.3, 0.4) is 0 Å². The van der Waals surface area contributed by atoms with Crippen molar-refractivity contribution in [3.8, 4) is 17.2 Å². The molecule has 1 aromatic carbocycles. The number of piperidine rings is 1. The van der Waals surface area contributed by atoms with Gasteiger partial charge in [0.2, 0.25) is 5.91 Å². The van der Waals surface area contributed by atoms with Gasteiger partial charge in [0.05, 0.1) is 21.3 Å². The van der Waals surface area contributed by atoms with Gasteiger partial charge in [-0.25, -0.2) is 0 Å². The molecule has 1 amide bonds.